The quantitative estimate of drug-likeness (QED) is 0.126. The highest BCUT2D eigenvalue weighted by molar-refractivity contribution is 6.46. The molecule has 0 unspecified atom stereocenters. The molecule has 0 N–H and O–H groups in total. The van der Waals surface area contributed by atoms with Crippen LogP contribution >= 0.6 is 0 Å². The van der Waals surface area contributed by atoms with E-state index >= 15 is 0 Å². The van der Waals surface area contributed by atoms with Crippen molar-refractivity contribution in [2.75, 3.05) is 0 Å². The van der Waals surface area contributed by atoms with Crippen LogP contribution < -0.4 is 0 Å². The molecule has 0 aliphatic heterocycles. The SMILES string of the molecule is c1ccc(-c2ccccc2-c2c3ccccc3c3c4c2cccc4c2cccc4c(-c5ccc6ccccc6c5-c5ccccc5)c5ccccc5c3c42)cc1. The third-order valence-electron chi connectivity index (χ3n) is 12.2. The summed E-state index contributed by atoms with van der Waals surface area (Å²) in [6.07, 6.45) is 0. The van der Waals surface area contributed by atoms with Gasteiger partial charge >= 0.3 is 0 Å². The van der Waals surface area contributed by atoms with E-state index in [-0.39, 0.29) is 0 Å². The highest BCUT2D eigenvalue weighted by Gasteiger charge is 2.25. The van der Waals surface area contributed by atoms with E-state index in [1.165, 1.54) is 120 Å². The third-order valence-corrected chi connectivity index (χ3v) is 12.2. The fourth-order valence-corrected chi connectivity index (χ4v) is 9.97. The van der Waals surface area contributed by atoms with Crippen molar-refractivity contribution >= 4 is 75.4 Å². The van der Waals surface area contributed by atoms with Gasteiger partial charge in [-0.3, -0.25) is 0 Å². The number of benzene rings is 12. The molecule has 258 valence electrons. The molecule has 0 amide bonds. The highest BCUT2D eigenvalue weighted by atomic mass is 14.3. The summed E-state index contributed by atoms with van der Waals surface area (Å²) >= 11 is 0. The van der Waals surface area contributed by atoms with Gasteiger partial charge in [-0.1, -0.05) is 206 Å². The second-order valence-electron chi connectivity index (χ2n) is 15.0. The van der Waals surface area contributed by atoms with E-state index in [0.29, 0.717) is 0 Å². The number of rotatable bonds is 4. The molecular formula is C56H34. The van der Waals surface area contributed by atoms with Crippen molar-refractivity contribution in [3.63, 3.8) is 0 Å². The van der Waals surface area contributed by atoms with Crippen molar-refractivity contribution < 1.29 is 0 Å². The standard InChI is InChI=1S/C56H34/c1-3-17-35(18-4-1)38-22-9-10-24-40(38)51-41-25-11-13-27-45(41)55-53-43(29-15-31-47(51)53)44-30-16-32-48-52(42-26-12-14-28-46(42)56(55)54(44)48)49-34-33-36-19-7-8-23-39(36)50(49)37-20-5-2-6-21-37/h1-34H. The fraction of sp³-hybridized carbons (Fsp3) is 0. The minimum atomic E-state index is 1.23. The van der Waals surface area contributed by atoms with E-state index in [1.807, 2.05) is 0 Å². The molecule has 12 aromatic rings. The number of hydrogen-bond acceptors (Lipinski definition) is 0. The van der Waals surface area contributed by atoms with Crippen LogP contribution in [0.5, 0.6) is 0 Å². The van der Waals surface area contributed by atoms with Gasteiger partial charge in [0.15, 0.2) is 0 Å². The second-order valence-corrected chi connectivity index (χ2v) is 15.0. The molecule has 56 heavy (non-hydrogen) atoms. The summed E-state index contributed by atoms with van der Waals surface area (Å²) in [6.45, 7) is 0. The predicted octanol–water partition coefficient (Wildman–Crippen LogP) is 15.9. The van der Waals surface area contributed by atoms with Gasteiger partial charge in [0.1, 0.15) is 0 Å². The molecule has 0 aromatic heterocycles. The molecule has 0 spiro atoms. The molecule has 12 aromatic carbocycles. The van der Waals surface area contributed by atoms with E-state index < -0.39 is 0 Å². The Morgan fingerprint density at radius 1 is 0.179 bits per heavy atom. The van der Waals surface area contributed by atoms with Crippen LogP contribution in [0.4, 0.5) is 0 Å². The molecule has 0 heteroatoms. The summed E-state index contributed by atoms with van der Waals surface area (Å²) in [4.78, 5) is 0. The minimum absolute atomic E-state index is 1.23. The van der Waals surface area contributed by atoms with Crippen LogP contribution in [0, 0.1) is 0 Å². The van der Waals surface area contributed by atoms with Gasteiger partial charge in [0.2, 0.25) is 0 Å². The van der Waals surface area contributed by atoms with Crippen molar-refractivity contribution in [2.24, 2.45) is 0 Å². The fourth-order valence-electron chi connectivity index (χ4n) is 9.97. The Morgan fingerprint density at radius 2 is 0.589 bits per heavy atom. The summed E-state index contributed by atoms with van der Waals surface area (Å²) < 4.78 is 0. The second kappa shape index (κ2) is 12.1. The number of fused-ring (bicyclic) bond motifs is 7. The molecule has 0 saturated heterocycles. The third kappa shape index (κ3) is 4.36. The molecule has 0 saturated carbocycles. The summed E-state index contributed by atoms with van der Waals surface area (Å²) in [5.41, 5.74) is 10.1. The van der Waals surface area contributed by atoms with Crippen LogP contribution in [0.15, 0.2) is 206 Å². The topological polar surface area (TPSA) is 0 Å². The van der Waals surface area contributed by atoms with Crippen molar-refractivity contribution in [2.45, 2.75) is 0 Å². The van der Waals surface area contributed by atoms with E-state index in [2.05, 4.69) is 206 Å². The van der Waals surface area contributed by atoms with Crippen molar-refractivity contribution in [3.05, 3.63) is 206 Å². The maximum absolute atomic E-state index is 2.37. The molecule has 12 rings (SSSR count). The highest BCUT2D eigenvalue weighted by Crippen LogP contribution is 2.53. The van der Waals surface area contributed by atoms with E-state index in [1.54, 1.807) is 0 Å². The molecular weight excluding hydrogens is 673 g/mol. The Bertz CT molecular complexity index is 3500. The van der Waals surface area contributed by atoms with Crippen LogP contribution in [-0.4, -0.2) is 0 Å². The van der Waals surface area contributed by atoms with Gasteiger partial charge in [-0.05, 0) is 120 Å². The first-order valence-corrected chi connectivity index (χ1v) is 19.5. The Labute approximate surface area is 324 Å². The molecule has 0 heterocycles. The van der Waals surface area contributed by atoms with Crippen LogP contribution in [-0.2, 0) is 0 Å². The molecule has 0 aliphatic carbocycles. The zero-order valence-electron chi connectivity index (χ0n) is 30.6. The predicted molar refractivity (Wildman–Crippen MR) is 242 cm³/mol. The average molecular weight is 707 g/mol. The van der Waals surface area contributed by atoms with E-state index in [9.17, 15) is 0 Å². The van der Waals surface area contributed by atoms with E-state index in [4.69, 9.17) is 0 Å². The van der Waals surface area contributed by atoms with Crippen LogP contribution in [0.3, 0.4) is 0 Å². The Balaban J connectivity index is 1.30. The van der Waals surface area contributed by atoms with Gasteiger partial charge in [-0.15, -0.1) is 0 Å². The van der Waals surface area contributed by atoms with Gasteiger partial charge in [-0.2, -0.15) is 0 Å². The first-order valence-electron chi connectivity index (χ1n) is 19.5. The smallest absolute Gasteiger partial charge is 0.000740 e. The largest absolute Gasteiger partial charge is 0.0622 e. The summed E-state index contributed by atoms with van der Waals surface area (Å²) in [7, 11) is 0. The van der Waals surface area contributed by atoms with Gasteiger partial charge in [0, 0.05) is 0 Å². The maximum Gasteiger partial charge on any atom is -0.000740 e. The van der Waals surface area contributed by atoms with E-state index in [0.717, 1.165) is 0 Å². The Hall–Kier alpha value is -7.28. The van der Waals surface area contributed by atoms with Gasteiger partial charge in [0.05, 0.1) is 0 Å². The lowest BCUT2D eigenvalue weighted by Crippen LogP contribution is -1.96. The Kier molecular flexibility index (Phi) is 6.73. The molecule has 0 nitrogen and oxygen atoms in total. The molecule has 0 radical (unpaired) electrons. The average Bonchev–Trinajstić information content (AvgIpc) is 3.27. The summed E-state index contributed by atoms with van der Waals surface area (Å²) in [5, 5.41) is 18.1. The zero-order chi connectivity index (χ0) is 36.7. The van der Waals surface area contributed by atoms with Crippen LogP contribution in [0.1, 0.15) is 0 Å². The van der Waals surface area contributed by atoms with Crippen molar-refractivity contribution in [1.29, 1.82) is 0 Å². The van der Waals surface area contributed by atoms with Gasteiger partial charge in [0.25, 0.3) is 0 Å². The van der Waals surface area contributed by atoms with Crippen molar-refractivity contribution in [1.82, 2.24) is 0 Å². The minimum Gasteiger partial charge on any atom is -0.0622 e. The zero-order valence-corrected chi connectivity index (χ0v) is 30.6. The lowest BCUT2D eigenvalue weighted by molar-refractivity contribution is 1.61. The lowest BCUT2D eigenvalue weighted by Gasteiger charge is -2.24. The van der Waals surface area contributed by atoms with Crippen LogP contribution in [0.25, 0.3) is 120 Å². The normalized spacial score (nSPS) is 11.9. The van der Waals surface area contributed by atoms with Gasteiger partial charge in [-0.25, -0.2) is 0 Å². The maximum atomic E-state index is 2.37. The molecule has 0 fully saturated rings. The summed E-state index contributed by atoms with van der Waals surface area (Å²) in [5.74, 6) is 0. The first kappa shape index (κ1) is 31.1. The Morgan fingerprint density at radius 3 is 1.20 bits per heavy atom. The monoisotopic (exact) mass is 706 g/mol. The van der Waals surface area contributed by atoms with Crippen LogP contribution in [0.2, 0.25) is 0 Å². The first-order chi connectivity index (χ1) is 27.8. The molecule has 0 bridgehead atoms. The van der Waals surface area contributed by atoms with Crippen molar-refractivity contribution in [3.8, 4) is 44.5 Å². The summed E-state index contributed by atoms with van der Waals surface area (Å²) in [6, 6.07) is 76.5. The lowest BCUT2D eigenvalue weighted by atomic mass is 9.78. The number of hydrogen-bond donors (Lipinski definition) is 0. The molecule has 0 atom stereocenters. The molecule has 0 aliphatic rings. The van der Waals surface area contributed by atoms with Gasteiger partial charge < -0.3 is 0 Å².